The molecule has 0 bridgehead atoms. The number of carbonyl (C=O) groups is 1. The highest BCUT2D eigenvalue weighted by Crippen LogP contribution is 2.27. The van der Waals surface area contributed by atoms with E-state index >= 15 is 0 Å². The molecule has 6 nitrogen and oxygen atoms in total. The number of amides is 1. The Morgan fingerprint density at radius 2 is 2.26 bits per heavy atom. The van der Waals surface area contributed by atoms with Gasteiger partial charge in [-0.25, -0.2) is 9.97 Å². The van der Waals surface area contributed by atoms with Gasteiger partial charge in [-0.05, 0) is 37.8 Å². The lowest BCUT2D eigenvalue weighted by Crippen LogP contribution is -2.26. The molecule has 0 radical (unpaired) electrons. The summed E-state index contributed by atoms with van der Waals surface area (Å²) in [6.07, 6.45) is 6.25. The third kappa shape index (κ3) is 2.61. The monoisotopic (exact) mass is 328 g/mol. The van der Waals surface area contributed by atoms with Crippen LogP contribution >= 0.6 is 11.3 Å². The molecule has 0 saturated heterocycles. The first-order chi connectivity index (χ1) is 11.2. The van der Waals surface area contributed by atoms with Crippen LogP contribution in [0.2, 0.25) is 0 Å². The fourth-order valence-corrected chi connectivity index (χ4v) is 4.07. The molecule has 3 aromatic heterocycles. The summed E-state index contributed by atoms with van der Waals surface area (Å²) in [6.45, 7) is 0.485. The fraction of sp³-hybridized carbons (Fsp3) is 0.375. The Hall–Kier alpha value is -2.28. The highest BCUT2D eigenvalue weighted by atomic mass is 32.1. The summed E-state index contributed by atoms with van der Waals surface area (Å²) in [7, 11) is 1.76. The van der Waals surface area contributed by atoms with E-state index in [1.165, 1.54) is 23.4 Å². The third-order valence-corrected chi connectivity index (χ3v) is 5.20. The van der Waals surface area contributed by atoms with Gasteiger partial charge in [0.1, 0.15) is 5.01 Å². The molecule has 1 aliphatic rings. The van der Waals surface area contributed by atoms with Gasteiger partial charge < -0.3 is 9.42 Å². The molecule has 0 atom stereocenters. The lowest BCUT2D eigenvalue weighted by atomic mass is 10.0. The Kier molecular flexibility index (Phi) is 3.57. The van der Waals surface area contributed by atoms with Crippen LogP contribution in [0.3, 0.4) is 0 Å². The molecule has 0 N–H and O–H groups in total. The lowest BCUT2D eigenvalue weighted by Gasteiger charge is -2.13. The van der Waals surface area contributed by atoms with Gasteiger partial charge in [0, 0.05) is 18.1 Å². The van der Waals surface area contributed by atoms with Gasteiger partial charge in [-0.2, -0.15) is 0 Å². The van der Waals surface area contributed by atoms with Crippen molar-refractivity contribution >= 4 is 28.3 Å². The highest BCUT2D eigenvalue weighted by Gasteiger charge is 2.23. The van der Waals surface area contributed by atoms with Crippen molar-refractivity contribution in [1.29, 1.82) is 0 Å². The molecule has 0 spiro atoms. The van der Waals surface area contributed by atoms with Crippen molar-refractivity contribution in [3.05, 3.63) is 39.7 Å². The van der Waals surface area contributed by atoms with Crippen LogP contribution in [0, 0.1) is 0 Å². The van der Waals surface area contributed by atoms with Crippen molar-refractivity contribution in [2.45, 2.75) is 32.2 Å². The van der Waals surface area contributed by atoms with Gasteiger partial charge in [-0.15, -0.1) is 11.3 Å². The molecule has 0 aliphatic heterocycles. The molecule has 1 aliphatic carbocycles. The number of pyridine rings is 1. The van der Waals surface area contributed by atoms with Crippen LogP contribution in [0.4, 0.5) is 0 Å². The first kappa shape index (κ1) is 14.3. The van der Waals surface area contributed by atoms with Crippen LogP contribution in [-0.4, -0.2) is 33.0 Å². The number of thiazole rings is 1. The molecule has 0 aromatic carbocycles. The van der Waals surface area contributed by atoms with Gasteiger partial charge in [-0.3, -0.25) is 4.79 Å². The SMILES string of the molecule is CN(Cc1nc2c(s1)CCCC2)C(=O)c1onc2ncccc12. The predicted octanol–water partition coefficient (Wildman–Crippen LogP) is 2.83. The van der Waals surface area contributed by atoms with E-state index in [0.29, 0.717) is 17.6 Å². The van der Waals surface area contributed by atoms with E-state index in [1.807, 2.05) is 0 Å². The van der Waals surface area contributed by atoms with Gasteiger partial charge in [0.25, 0.3) is 5.91 Å². The molecule has 0 fully saturated rings. The second-order valence-corrected chi connectivity index (χ2v) is 6.90. The van der Waals surface area contributed by atoms with Crippen LogP contribution in [0.1, 0.15) is 39.0 Å². The largest absolute Gasteiger partial charge is 0.348 e. The van der Waals surface area contributed by atoms with E-state index in [1.54, 1.807) is 41.6 Å². The summed E-state index contributed by atoms with van der Waals surface area (Å²) in [5, 5.41) is 5.46. The molecule has 0 saturated carbocycles. The van der Waals surface area contributed by atoms with Crippen molar-refractivity contribution in [3.8, 4) is 0 Å². The zero-order valence-corrected chi connectivity index (χ0v) is 13.6. The third-order valence-electron chi connectivity index (χ3n) is 4.06. The number of nitrogens with zero attached hydrogens (tertiary/aromatic N) is 4. The number of hydrogen-bond acceptors (Lipinski definition) is 6. The van der Waals surface area contributed by atoms with Crippen LogP contribution < -0.4 is 0 Å². The Labute approximate surface area is 137 Å². The Morgan fingerprint density at radius 1 is 1.39 bits per heavy atom. The van der Waals surface area contributed by atoms with E-state index in [4.69, 9.17) is 4.52 Å². The van der Waals surface area contributed by atoms with E-state index in [9.17, 15) is 4.79 Å². The maximum Gasteiger partial charge on any atom is 0.293 e. The van der Waals surface area contributed by atoms with Crippen LogP contribution in [-0.2, 0) is 19.4 Å². The van der Waals surface area contributed by atoms with Crippen LogP contribution in [0.5, 0.6) is 0 Å². The summed E-state index contributed by atoms with van der Waals surface area (Å²) in [6, 6.07) is 3.56. The molecule has 118 valence electrons. The van der Waals surface area contributed by atoms with Gasteiger partial charge in [-0.1, -0.05) is 5.16 Å². The molecule has 0 unspecified atom stereocenters. The minimum Gasteiger partial charge on any atom is -0.348 e. The van der Waals surface area contributed by atoms with Crippen LogP contribution in [0.25, 0.3) is 11.0 Å². The number of rotatable bonds is 3. The van der Waals surface area contributed by atoms with Gasteiger partial charge >= 0.3 is 0 Å². The van der Waals surface area contributed by atoms with Gasteiger partial charge in [0.2, 0.25) is 11.4 Å². The van der Waals surface area contributed by atoms with Crippen molar-refractivity contribution in [1.82, 2.24) is 20.0 Å². The van der Waals surface area contributed by atoms with E-state index in [0.717, 1.165) is 17.8 Å². The lowest BCUT2D eigenvalue weighted by molar-refractivity contribution is 0.0746. The van der Waals surface area contributed by atoms with Gasteiger partial charge in [0.15, 0.2) is 0 Å². The molecule has 3 heterocycles. The second kappa shape index (κ2) is 5.73. The predicted molar refractivity (Wildman–Crippen MR) is 86.4 cm³/mol. The first-order valence-corrected chi connectivity index (χ1v) is 8.47. The summed E-state index contributed by atoms with van der Waals surface area (Å²) in [5.74, 6) is 0.0330. The fourth-order valence-electron chi connectivity index (χ4n) is 2.86. The Morgan fingerprint density at radius 3 is 3.13 bits per heavy atom. The van der Waals surface area contributed by atoms with Crippen molar-refractivity contribution in [2.24, 2.45) is 0 Å². The van der Waals surface area contributed by atoms with Crippen molar-refractivity contribution in [3.63, 3.8) is 0 Å². The minimum absolute atomic E-state index is 0.200. The maximum atomic E-state index is 12.6. The molecule has 7 heteroatoms. The zero-order valence-electron chi connectivity index (χ0n) is 12.8. The number of aromatic nitrogens is 3. The van der Waals surface area contributed by atoms with E-state index in [-0.39, 0.29) is 11.7 Å². The number of fused-ring (bicyclic) bond motifs is 2. The summed E-state index contributed by atoms with van der Waals surface area (Å²) < 4.78 is 5.20. The Balaban J connectivity index is 1.55. The van der Waals surface area contributed by atoms with E-state index < -0.39 is 0 Å². The molecular formula is C16H16N4O2S. The van der Waals surface area contributed by atoms with Crippen molar-refractivity contribution < 1.29 is 9.32 Å². The standard InChI is InChI=1S/C16H16N4O2S/c1-20(9-13-18-11-6-2-3-7-12(11)23-13)16(21)14-10-5-4-8-17-15(10)19-22-14/h4-5,8H,2-3,6-7,9H2,1H3. The maximum absolute atomic E-state index is 12.6. The zero-order chi connectivity index (χ0) is 15.8. The summed E-state index contributed by atoms with van der Waals surface area (Å²) >= 11 is 1.72. The van der Waals surface area contributed by atoms with Crippen molar-refractivity contribution in [2.75, 3.05) is 7.05 Å². The van der Waals surface area contributed by atoms with E-state index in [2.05, 4.69) is 15.1 Å². The number of hydrogen-bond donors (Lipinski definition) is 0. The second-order valence-electron chi connectivity index (χ2n) is 5.73. The summed E-state index contributed by atoms with van der Waals surface area (Å²) in [5.41, 5.74) is 1.67. The highest BCUT2D eigenvalue weighted by molar-refractivity contribution is 7.11. The van der Waals surface area contributed by atoms with Gasteiger partial charge in [0.05, 0.1) is 17.6 Å². The normalized spacial score (nSPS) is 14.0. The average Bonchev–Trinajstić information content (AvgIpc) is 3.17. The quantitative estimate of drug-likeness (QED) is 0.739. The minimum atomic E-state index is -0.200. The molecule has 1 amide bonds. The first-order valence-electron chi connectivity index (χ1n) is 7.65. The Bertz CT molecular complexity index is 846. The molecule has 23 heavy (non-hydrogen) atoms. The number of carbonyl (C=O) groups excluding carboxylic acids is 1. The number of aryl methyl sites for hydroxylation is 2. The topological polar surface area (TPSA) is 72.1 Å². The molecule has 4 rings (SSSR count). The molecule has 3 aromatic rings. The molecular weight excluding hydrogens is 312 g/mol. The van der Waals surface area contributed by atoms with Crippen LogP contribution in [0.15, 0.2) is 22.9 Å². The average molecular weight is 328 g/mol. The smallest absolute Gasteiger partial charge is 0.293 e. The summed E-state index contributed by atoms with van der Waals surface area (Å²) in [4.78, 5) is 24.4.